The molecule has 1 aromatic heterocycles. The van der Waals surface area contributed by atoms with Gasteiger partial charge in [0.15, 0.2) is 0 Å². The van der Waals surface area contributed by atoms with Crippen LogP contribution in [0.3, 0.4) is 0 Å². The first-order chi connectivity index (χ1) is 16.0. The fourth-order valence-electron chi connectivity index (χ4n) is 4.04. The summed E-state index contributed by atoms with van der Waals surface area (Å²) in [6, 6.07) is 11.2. The third-order valence-electron chi connectivity index (χ3n) is 5.82. The Hall–Kier alpha value is -3.87. The van der Waals surface area contributed by atoms with E-state index in [4.69, 9.17) is 15.5 Å². The number of primary amides is 1. The van der Waals surface area contributed by atoms with Gasteiger partial charge in [-0.25, -0.2) is 4.98 Å². The number of carbonyl (C=O) groups excluding carboxylic acids is 2. The lowest BCUT2D eigenvalue weighted by atomic mass is 10.0. The molecule has 1 saturated heterocycles. The third kappa shape index (κ3) is 5.49. The van der Waals surface area contributed by atoms with Gasteiger partial charge in [-0.3, -0.25) is 9.59 Å². The van der Waals surface area contributed by atoms with Crippen molar-refractivity contribution in [1.82, 2.24) is 10.3 Å². The van der Waals surface area contributed by atoms with E-state index in [1.54, 1.807) is 6.07 Å². The van der Waals surface area contributed by atoms with Crippen LogP contribution in [0.5, 0.6) is 5.75 Å². The zero-order valence-electron chi connectivity index (χ0n) is 18.5. The number of ether oxygens (including phenoxy) is 1. The fraction of sp³-hybridized carbons (Fsp3) is 0.269. The predicted molar refractivity (Wildman–Crippen MR) is 129 cm³/mol. The molecule has 4 rings (SSSR count). The molecule has 7 heteroatoms. The van der Waals surface area contributed by atoms with E-state index in [1.807, 2.05) is 36.4 Å². The maximum Gasteiger partial charge on any atom is 0.250 e. The second kappa shape index (κ2) is 10.2. The van der Waals surface area contributed by atoms with Gasteiger partial charge in [-0.1, -0.05) is 12.7 Å². The summed E-state index contributed by atoms with van der Waals surface area (Å²) in [4.78, 5) is 30.6. The molecule has 0 saturated carbocycles. The monoisotopic (exact) mass is 444 g/mol. The smallest absolute Gasteiger partial charge is 0.250 e. The van der Waals surface area contributed by atoms with E-state index in [0.29, 0.717) is 11.3 Å². The molecule has 2 heterocycles. The second-order valence-corrected chi connectivity index (χ2v) is 8.12. The quantitative estimate of drug-likeness (QED) is 0.634. The Morgan fingerprint density at radius 2 is 1.88 bits per heavy atom. The van der Waals surface area contributed by atoms with Crippen LogP contribution >= 0.6 is 0 Å². The summed E-state index contributed by atoms with van der Waals surface area (Å²) in [5, 5.41) is 2.95. The van der Waals surface area contributed by atoms with Gasteiger partial charge in [0.05, 0.1) is 11.3 Å². The number of anilines is 1. The van der Waals surface area contributed by atoms with Crippen molar-refractivity contribution in [1.29, 1.82) is 0 Å². The van der Waals surface area contributed by atoms with Gasteiger partial charge in [0.1, 0.15) is 17.3 Å². The number of hydrogen-bond acceptors (Lipinski definition) is 5. The molecular formula is C26H28N4O3. The number of carbonyl (C=O) groups is 2. The Balaban J connectivity index is 1.52. The highest BCUT2D eigenvalue weighted by Gasteiger charge is 2.22. The molecule has 33 heavy (non-hydrogen) atoms. The first-order valence-corrected chi connectivity index (χ1v) is 11.2. The minimum absolute atomic E-state index is 0.123. The lowest BCUT2D eigenvalue weighted by Crippen LogP contribution is -2.44. The highest BCUT2D eigenvalue weighted by molar-refractivity contribution is 5.99. The third-order valence-corrected chi connectivity index (χ3v) is 5.82. The lowest BCUT2D eigenvalue weighted by molar-refractivity contribution is -0.117. The maximum atomic E-state index is 12.1. The van der Waals surface area contributed by atoms with Crippen LogP contribution in [0.15, 0.2) is 73.0 Å². The van der Waals surface area contributed by atoms with Crippen molar-refractivity contribution in [3.8, 4) is 17.0 Å². The second-order valence-electron chi connectivity index (χ2n) is 8.12. The zero-order chi connectivity index (χ0) is 23.2. The van der Waals surface area contributed by atoms with Gasteiger partial charge < -0.3 is 20.7 Å². The van der Waals surface area contributed by atoms with Gasteiger partial charge in [0.2, 0.25) is 5.91 Å². The molecule has 2 aliphatic rings. The van der Waals surface area contributed by atoms with Crippen molar-refractivity contribution in [3.05, 3.63) is 78.6 Å². The fourth-order valence-corrected chi connectivity index (χ4v) is 4.04. The van der Waals surface area contributed by atoms with Crippen molar-refractivity contribution in [2.75, 3.05) is 18.0 Å². The molecule has 2 aromatic rings. The van der Waals surface area contributed by atoms with Crippen LogP contribution in [0.1, 0.15) is 36.0 Å². The number of rotatable bonds is 7. The molecule has 2 amide bonds. The number of benzene rings is 1. The van der Waals surface area contributed by atoms with Crippen molar-refractivity contribution in [2.45, 2.75) is 31.7 Å². The highest BCUT2D eigenvalue weighted by Crippen LogP contribution is 2.29. The number of allylic oxidation sites excluding steroid dienone is 3. The van der Waals surface area contributed by atoms with E-state index in [1.165, 1.54) is 6.08 Å². The first-order valence-electron chi connectivity index (χ1n) is 11.2. The SMILES string of the molecule is C=CC(=O)NC1CCN(c2ccc(C(N)=O)c(-c3ccc(OC4=CCCC=C4)cc3)n2)CC1. The van der Waals surface area contributed by atoms with E-state index in [-0.39, 0.29) is 11.9 Å². The Bertz CT molecular complexity index is 1100. The molecule has 0 atom stereocenters. The Morgan fingerprint density at radius 3 is 2.52 bits per heavy atom. The Morgan fingerprint density at radius 1 is 1.12 bits per heavy atom. The molecule has 3 N–H and O–H groups in total. The molecule has 0 unspecified atom stereocenters. The summed E-state index contributed by atoms with van der Waals surface area (Å²) in [7, 11) is 0. The summed E-state index contributed by atoms with van der Waals surface area (Å²) in [6.07, 6.45) is 11.0. The molecule has 0 spiro atoms. The van der Waals surface area contributed by atoms with Crippen LogP contribution in [-0.2, 0) is 4.79 Å². The van der Waals surface area contributed by atoms with Gasteiger partial charge in [-0.05, 0) is 80.3 Å². The van der Waals surface area contributed by atoms with Crippen LogP contribution in [0, 0.1) is 0 Å². The Kier molecular flexibility index (Phi) is 6.88. The van der Waals surface area contributed by atoms with E-state index in [0.717, 1.165) is 61.7 Å². The van der Waals surface area contributed by atoms with Gasteiger partial charge in [-0.15, -0.1) is 0 Å². The number of hydrogen-bond donors (Lipinski definition) is 2. The van der Waals surface area contributed by atoms with Gasteiger partial charge in [0, 0.05) is 24.7 Å². The highest BCUT2D eigenvalue weighted by atomic mass is 16.5. The molecule has 1 aliphatic heterocycles. The topological polar surface area (TPSA) is 97.6 Å². The first kappa shape index (κ1) is 22.3. The number of piperidine rings is 1. The number of nitrogens with two attached hydrogens (primary N) is 1. The summed E-state index contributed by atoms with van der Waals surface area (Å²) >= 11 is 0. The predicted octanol–water partition coefficient (Wildman–Crippen LogP) is 3.73. The van der Waals surface area contributed by atoms with Gasteiger partial charge in [-0.2, -0.15) is 0 Å². The van der Waals surface area contributed by atoms with Crippen LogP contribution in [0.4, 0.5) is 5.82 Å². The summed E-state index contributed by atoms with van der Waals surface area (Å²) in [5.41, 5.74) is 7.34. The van der Waals surface area contributed by atoms with Gasteiger partial charge in [0.25, 0.3) is 5.91 Å². The zero-order valence-corrected chi connectivity index (χ0v) is 18.5. The minimum atomic E-state index is -0.521. The van der Waals surface area contributed by atoms with Gasteiger partial charge >= 0.3 is 0 Å². The molecule has 0 radical (unpaired) electrons. The van der Waals surface area contributed by atoms with Crippen molar-refractivity contribution in [3.63, 3.8) is 0 Å². The molecular weight excluding hydrogens is 416 g/mol. The summed E-state index contributed by atoms with van der Waals surface area (Å²) < 4.78 is 5.91. The average molecular weight is 445 g/mol. The number of pyridine rings is 1. The molecule has 7 nitrogen and oxygen atoms in total. The molecule has 170 valence electrons. The van der Waals surface area contributed by atoms with Crippen LogP contribution in [0.2, 0.25) is 0 Å². The molecule has 0 bridgehead atoms. The number of amides is 2. The van der Waals surface area contributed by atoms with E-state index < -0.39 is 5.91 Å². The number of nitrogens with one attached hydrogen (secondary N) is 1. The van der Waals surface area contributed by atoms with Crippen molar-refractivity contribution in [2.24, 2.45) is 5.73 Å². The largest absolute Gasteiger partial charge is 0.458 e. The molecule has 1 aliphatic carbocycles. The van der Waals surface area contributed by atoms with E-state index in [9.17, 15) is 9.59 Å². The summed E-state index contributed by atoms with van der Waals surface area (Å²) in [6.45, 7) is 5.00. The number of aromatic nitrogens is 1. The van der Waals surface area contributed by atoms with Crippen LogP contribution in [0.25, 0.3) is 11.3 Å². The van der Waals surface area contributed by atoms with Crippen LogP contribution < -0.4 is 20.7 Å². The Labute approximate surface area is 193 Å². The van der Waals surface area contributed by atoms with Crippen molar-refractivity contribution >= 4 is 17.6 Å². The van der Waals surface area contributed by atoms with Crippen LogP contribution in [-0.4, -0.2) is 35.9 Å². The minimum Gasteiger partial charge on any atom is -0.458 e. The molecule has 1 aromatic carbocycles. The van der Waals surface area contributed by atoms with Crippen molar-refractivity contribution < 1.29 is 14.3 Å². The van der Waals surface area contributed by atoms with E-state index >= 15 is 0 Å². The lowest BCUT2D eigenvalue weighted by Gasteiger charge is -2.33. The maximum absolute atomic E-state index is 12.1. The average Bonchev–Trinajstić information content (AvgIpc) is 2.85. The van der Waals surface area contributed by atoms with E-state index in [2.05, 4.69) is 28.9 Å². The molecule has 1 fully saturated rings. The number of nitrogens with zero attached hydrogens (tertiary/aromatic N) is 2. The normalized spacial score (nSPS) is 16.1. The standard InChI is InChI=1S/C26H28N4O3/c1-2-24(31)28-19-14-16-30(17-15-19)23-13-12-22(26(27)32)25(29-23)18-8-10-21(11-9-18)33-20-6-4-3-5-7-20/h2,4,6-13,19H,1,3,5,14-17H2,(H2,27,32)(H,28,31). The summed E-state index contributed by atoms with van der Waals surface area (Å²) in [5.74, 6) is 1.66.